The first-order valence-corrected chi connectivity index (χ1v) is 9.08. The van der Waals surface area contributed by atoms with Crippen LogP contribution >= 0.6 is 35.6 Å². The van der Waals surface area contributed by atoms with Crippen molar-refractivity contribution in [3.05, 3.63) is 34.9 Å². The number of rotatable bonds is 4. The highest BCUT2D eigenvalue weighted by Gasteiger charge is 2.27. The summed E-state index contributed by atoms with van der Waals surface area (Å²) in [6, 6.07) is 7.62. The van der Waals surface area contributed by atoms with Gasteiger partial charge in [0.15, 0.2) is 15.8 Å². The lowest BCUT2D eigenvalue weighted by molar-refractivity contribution is 0.567. The fourth-order valence-electron chi connectivity index (χ4n) is 2.32. The molecule has 5 nitrogen and oxygen atoms in total. The molecule has 1 saturated heterocycles. The summed E-state index contributed by atoms with van der Waals surface area (Å²) in [5.74, 6) is 1.38. The van der Waals surface area contributed by atoms with Crippen molar-refractivity contribution in [2.75, 3.05) is 25.1 Å². The molecule has 0 radical (unpaired) electrons. The third kappa shape index (κ3) is 5.92. The molecule has 1 fully saturated rings. The number of guanidine groups is 1. The van der Waals surface area contributed by atoms with Crippen LogP contribution in [0.2, 0.25) is 5.02 Å². The van der Waals surface area contributed by atoms with E-state index >= 15 is 0 Å². The summed E-state index contributed by atoms with van der Waals surface area (Å²) in [5, 5.41) is 7.06. The molecule has 124 valence electrons. The van der Waals surface area contributed by atoms with E-state index in [9.17, 15) is 8.42 Å². The second-order valence-electron chi connectivity index (χ2n) is 5.17. The van der Waals surface area contributed by atoms with E-state index in [0.29, 0.717) is 29.8 Å². The van der Waals surface area contributed by atoms with Crippen LogP contribution in [-0.2, 0) is 16.4 Å². The van der Waals surface area contributed by atoms with Gasteiger partial charge in [0.2, 0.25) is 0 Å². The van der Waals surface area contributed by atoms with Crippen molar-refractivity contribution in [2.45, 2.75) is 13.0 Å². The molecule has 22 heavy (non-hydrogen) atoms. The molecule has 0 saturated carbocycles. The van der Waals surface area contributed by atoms with Gasteiger partial charge in [0.25, 0.3) is 0 Å². The number of benzene rings is 1. The first-order valence-electron chi connectivity index (χ1n) is 6.88. The Labute approximate surface area is 153 Å². The lowest BCUT2D eigenvalue weighted by Gasteiger charge is -2.15. The summed E-state index contributed by atoms with van der Waals surface area (Å²) in [6.45, 7) is 1.18. The van der Waals surface area contributed by atoms with E-state index in [1.54, 1.807) is 7.05 Å². The maximum absolute atomic E-state index is 11.4. The molecule has 0 spiro atoms. The number of hydrogen-bond donors (Lipinski definition) is 2. The zero-order chi connectivity index (χ0) is 15.3. The fraction of sp³-hybridized carbons (Fsp3) is 0.500. The molecule has 1 unspecified atom stereocenters. The molecule has 0 amide bonds. The van der Waals surface area contributed by atoms with Gasteiger partial charge in [0, 0.05) is 25.2 Å². The topological polar surface area (TPSA) is 70.6 Å². The zero-order valence-corrected chi connectivity index (χ0v) is 16.3. The molecule has 1 aromatic carbocycles. The van der Waals surface area contributed by atoms with Crippen molar-refractivity contribution < 1.29 is 8.42 Å². The Morgan fingerprint density at radius 2 is 2.09 bits per heavy atom. The van der Waals surface area contributed by atoms with Crippen LogP contribution in [0.25, 0.3) is 0 Å². The van der Waals surface area contributed by atoms with E-state index in [4.69, 9.17) is 11.6 Å². The summed E-state index contributed by atoms with van der Waals surface area (Å²) in [4.78, 5) is 4.13. The monoisotopic (exact) mass is 457 g/mol. The second kappa shape index (κ2) is 8.93. The van der Waals surface area contributed by atoms with E-state index in [1.807, 2.05) is 24.3 Å². The predicted octanol–water partition coefficient (Wildman–Crippen LogP) is 2.06. The predicted molar refractivity (Wildman–Crippen MR) is 102 cm³/mol. The molecule has 1 atom stereocenters. The molecule has 1 aromatic rings. The van der Waals surface area contributed by atoms with E-state index < -0.39 is 9.84 Å². The number of nitrogens with one attached hydrogen (secondary N) is 2. The average molecular weight is 458 g/mol. The first-order chi connectivity index (χ1) is 10.00. The van der Waals surface area contributed by atoms with Gasteiger partial charge < -0.3 is 10.6 Å². The van der Waals surface area contributed by atoms with E-state index in [2.05, 4.69) is 15.6 Å². The Kier molecular flexibility index (Phi) is 7.92. The van der Waals surface area contributed by atoms with Crippen LogP contribution in [0.3, 0.4) is 0 Å². The maximum atomic E-state index is 11.4. The summed E-state index contributed by atoms with van der Waals surface area (Å²) in [5.41, 5.74) is 0.991. The standard InChI is InChI=1S/C14H20ClN3O2S.HI/c1-16-14(17-8-11-6-7-21(19,20)10-11)18-9-12-4-2-3-5-13(12)15;/h2-5,11H,6-10H2,1H3,(H2,16,17,18);1H. The normalized spacial score (nSPS) is 20.3. The minimum Gasteiger partial charge on any atom is -0.356 e. The van der Waals surface area contributed by atoms with Crippen molar-refractivity contribution in [3.63, 3.8) is 0 Å². The van der Waals surface area contributed by atoms with Crippen molar-refractivity contribution in [2.24, 2.45) is 10.9 Å². The van der Waals surface area contributed by atoms with Gasteiger partial charge in [-0.25, -0.2) is 8.42 Å². The molecule has 1 aliphatic rings. The molecule has 0 aliphatic carbocycles. The third-order valence-electron chi connectivity index (χ3n) is 3.51. The Balaban J connectivity index is 0.00000242. The number of aliphatic imine (C=N–C) groups is 1. The van der Waals surface area contributed by atoms with Crippen LogP contribution in [-0.4, -0.2) is 39.5 Å². The van der Waals surface area contributed by atoms with Crippen LogP contribution in [0, 0.1) is 5.92 Å². The van der Waals surface area contributed by atoms with Crippen LogP contribution in [0.1, 0.15) is 12.0 Å². The molecule has 0 bridgehead atoms. The van der Waals surface area contributed by atoms with Crippen molar-refractivity contribution in [1.82, 2.24) is 10.6 Å². The molecular weight excluding hydrogens is 437 g/mol. The lowest BCUT2D eigenvalue weighted by Crippen LogP contribution is -2.39. The minimum absolute atomic E-state index is 0. The van der Waals surface area contributed by atoms with E-state index in [0.717, 1.165) is 12.0 Å². The molecule has 1 aliphatic heterocycles. The zero-order valence-electron chi connectivity index (χ0n) is 12.4. The number of nitrogens with zero attached hydrogens (tertiary/aromatic N) is 1. The SMILES string of the molecule is CN=C(NCc1ccccc1Cl)NCC1CCS(=O)(=O)C1.I. The number of sulfone groups is 1. The van der Waals surface area contributed by atoms with Crippen LogP contribution in [0.15, 0.2) is 29.3 Å². The Bertz CT molecular complexity index is 622. The molecular formula is C14H21ClIN3O2S. The van der Waals surface area contributed by atoms with Gasteiger partial charge in [0.05, 0.1) is 11.5 Å². The number of halogens is 2. The van der Waals surface area contributed by atoms with Gasteiger partial charge in [0.1, 0.15) is 0 Å². The van der Waals surface area contributed by atoms with Crippen molar-refractivity contribution in [3.8, 4) is 0 Å². The van der Waals surface area contributed by atoms with Crippen LogP contribution < -0.4 is 10.6 Å². The van der Waals surface area contributed by atoms with Gasteiger partial charge >= 0.3 is 0 Å². The first kappa shape index (κ1) is 19.5. The quantitative estimate of drug-likeness (QED) is 0.412. The summed E-state index contributed by atoms with van der Waals surface area (Å²) in [6.07, 6.45) is 0.719. The molecule has 8 heteroatoms. The summed E-state index contributed by atoms with van der Waals surface area (Å²) >= 11 is 6.10. The highest BCUT2D eigenvalue weighted by Crippen LogP contribution is 2.17. The lowest BCUT2D eigenvalue weighted by atomic mass is 10.1. The van der Waals surface area contributed by atoms with Gasteiger partial charge in [-0.15, -0.1) is 24.0 Å². The van der Waals surface area contributed by atoms with Gasteiger partial charge in [-0.05, 0) is 24.0 Å². The maximum Gasteiger partial charge on any atom is 0.191 e. The third-order valence-corrected chi connectivity index (χ3v) is 5.72. The van der Waals surface area contributed by atoms with E-state index in [-0.39, 0.29) is 35.6 Å². The fourth-order valence-corrected chi connectivity index (χ4v) is 4.38. The van der Waals surface area contributed by atoms with Crippen LogP contribution in [0.5, 0.6) is 0 Å². The summed E-state index contributed by atoms with van der Waals surface area (Å²) in [7, 11) is -1.14. The average Bonchev–Trinajstić information content (AvgIpc) is 2.80. The highest BCUT2D eigenvalue weighted by atomic mass is 127. The Morgan fingerprint density at radius 3 is 2.68 bits per heavy atom. The number of hydrogen-bond acceptors (Lipinski definition) is 3. The van der Waals surface area contributed by atoms with Gasteiger partial charge in [-0.1, -0.05) is 29.8 Å². The van der Waals surface area contributed by atoms with Gasteiger partial charge in [-0.3, -0.25) is 4.99 Å². The van der Waals surface area contributed by atoms with E-state index in [1.165, 1.54) is 0 Å². The largest absolute Gasteiger partial charge is 0.356 e. The van der Waals surface area contributed by atoms with Crippen LogP contribution in [0.4, 0.5) is 0 Å². The molecule has 2 rings (SSSR count). The second-order valence-corrected chi connectivity index (χ2v) is 7.80. The Hall–Kier alpha value is -0.540. The molecule has 1 heterocycles. The van der Waals surface area contributed by atoms with Crippen molar-refractivity contribution in [1.29, 1.82) is 0 Å². The minimum atomic E-state index is -2.83. The molecule has 0 aromatic heterocycles. The smallest absolute Gasteiger partial charge is 0.191 e. The van der Waals surface area contributed by atoms with Gasteiger partial charge in [-0.2, -0.15) is 0 Å². The summed E-state index contributed by atoms with van der Waals surface area (Å²) < 4.78 is 22.8. The van der Waals surface area contributed by atoms with Crippen molar-refractivity contribution >= 4 is 51.4 Å². The Morgan fingerprint density at radius 1 is 1.36 bits per heavy atom. The molecule has 2 N–H and O–H groups in total. The highest BCUT2D eigenvalue weighted by molar-refractivity contribution is 14.0.